The predicted octanol–water partition coefficient (Wildman–Crippen LogP) is 5.33. The van der Waals surface area contributed by atoms with Gasteiger partial charge in [-0.3, -0.25) is 9.69 Å². The summed E-state index contributed by atoms with van der Waals surface area (Å²) in [5.41, 5.74) is 3.53. The molecule has 0 fully saturated rings. The van der Waals surface area contributed by atoms with Gasteiger partial charge in [-0.2, -0.15) is 0 Å². The van der Waals surface area contributed by atoms with E-state index in [9.17, 15) is 4.79 Å². The molecule has 0 aliphatic rings. The summed E-state index contributed by atoms with van der Waals surface area (Å²) in [6, 6.07) is 11.6. The molecular weight excluding hydrogens is 360 g/mol. The van der Waals surface area contributed by atoms with Crippen LogP contribution < -0.4 is 9.64 Å². The van der Waals surface area contributed by atoms with Crippen LogP contribution in [-0.4, -0.2) is 24.5 Å². The molecule has 6 heteroatoms. The van der Waals surface area contributed by atoms with Crippen LogP contribution in [0.2, 0.25) is 0 Å². The molecule has 2 aromatic heterocycles. The lowest BCUT2D eigenvalue weighted by Crippen LogP contribution is -2.30. The maximum atomic E-state index is 13.3. The third kappa shape index (κ3) is 2.86. The fourth-order valence-corrected chi connectivity index (χ4v) is 4.31. The van der Waals surface area contributed by atoms with Crippen molar-refractivity contribution in [3.63, 3.8) is 0 Å². The van der Waals surface area contributed by atoms with Gasteiger partial charge >= 0.3 is 0 Å². The van der Waals surface area contributed by atoms with E-state index in [1.165, 1.54) is 11.3 Å². The van der Waals surface area contributed by atoms with Gasteiger partial charge in [0.1, 0.15) is 11.3 Å². The van der Waals surface area contributed by atoms with E-state index in [1.54, 1.807) is 12.0 Å². The topological polar surface area (TPSA) is 55.6 Å². The van der Waals surface area contributed by atoms with Crippen molar-refractivity contribution in [1.29, 1.82) is 0 Å². The number of hydrogen-bond acceptors (Lipinski definition) is 5. The van der Waals surface area contributed by atoms with E-state index in [4.69, 9.17) is 14.1 Å². The van der Waals surface area contributed by atoms with Gasteiger partial charge in [0.15, 0.2) is 10.9 Å². The van der Waals surface area contributed by atoms with Gasteiger partial charge in [0.05, 0.1) is 17.3 Å². The molecule has 27 heavy (non-hydrogen) atoms. The number of furan rings is 1. The number of carbonyl (C=O) groups is 1. The molecule has 0 unspecified atom stereocenters. The first-order valence-corrected chi connectivity index (χ1v) is 9.60. The maximum absolute atomic E-state index is 13.3. The average molecular weight is 380 g/mol. The van der Waals surface area contributed by atoms with Crippen LogP contribution in [0, 0.1) is 13.8 Å². The van der Waals surface area contributed by atoms with Crippen LogP contribution in [0.25, 0.3) is 21.2 Å². The summed E-state index contributed by atoms with van der Waals surface area (Å²) in [7, 11) is 1.62. The van der Waals surface area contributed by atoms with Crippen LogP contribution in [0.4, 0.5) is 5.13 Å². The van der Waals surface area contributed by atoms with Gasteiger partial charge in [0.25, 0.3) is 5.91 Å². The van der Waals surface area contributed by atoms with Crippen molar-refractivity contribution in [2.45, 2.75) is 20.8 Å². The van der Waals surface area contributed by atoms with Crippen molar-refractivity contribution >= 4 is 43.6 Å². The van der Waals surface area contributed by atoms with Crippen LogP contribution in [-0.2, 0) is 0 Å². The van der Waals surface area contributed by atoms with E-state index in [0.717, 1.165) is 32.5 Å². The van der Waals surface area contributed by atoms with E-state index >= 15 is 0 Å². The lowest BCUT2D eigenvalue weighted by molar-refractivity contribution is 0.0963. The number of para-hydroxylation sites is 1. The molecule has 0 aliphatic heterocycles. The largest absolute Gasteiger partial charge is 0.497 e. The standard InChI is InChI=1S/C21H20N2O3S/c1-5-23(21-22-18-12(2)7-6-8-17(18)27-21)20(24)19-13(3)15-11-14(25-4)9-10-16(15)26-19/h6-11H,5H2,1-4H3. The van der Waals surface area contributed by atoms with E-state index < -0.39 is 0 Å². The number of methoxy groups -OCH3 is 1. The number of rotatable bonds is 4. The molecule has 4 rings (SSSR count). The van der Waals surface area contributed by atoms with E-state index in [1.807, 2.05) is 57.2 Å². The summed E-state index contributed by atoms with van der Waals surface area (Å²) in [6.07, 6.45) is 0. The zero-order valence-electron chi connectivity index (χ0n) is 15.7. The third-order valence-electron chi connectivity index (χ3n) is 4.74. The minimum atomic E-state index is -0.179. The molecule has 5 nitrogen and oxygen atoms in total. The molecule has 0 saturated carbocycles. The normalized spacial score (nSPS) is 11.3. The van der Waals surface area contributed by atoms with Crippen molar-refractivity contribution in [3.05, 3.63) is 53.3 Å². The fraction of sp³-hybridized carbons (Fsp3) is 0.238. The smallest absolute Gasteiger partial charge is 0.296 e. The quantitative estimate of drug-likeness (QED) is 0.480. The molecule has 0 N–H and O–H groups in total. The van der Waals surface area contributed by atoms with Gasteiger partial charge < -0.3 is 9.15 Å². The Hall–Kier alpha value is -2.86. The predicted molar refractivity (Wildman–Crippen MR) is 109 cm³/mol. The zero-order chi connectivity index (χ0) is 19.1. The van der Waals surface area contributed by atoms with Crippen LogP contribution >= 0.6 is 11.3 Å². The first-order chi connectivity index (χ1) is 13.0. The summed E-state index contributed by atoms with van der Waals surface area (Å²) >= 11 is 1.52. The van der Waals surface area contributed by atoms with Gasteiger partial charge in [-0.25, -0.2) is 4.98 Å². The first kappa shape index (κ1) is 17.5. The Morgan fingerprint density at radius 3 is 2.78 bits per heavy atom. The number of fused-ring (bicyclic) bond motifs is 2. The Morgan fingerprint density at radius 2 is 2.07 bits per heavy atom. The van der Waals surface area contributed by atoms with Gasteiger partial charge in [0.2, 0.25) is 0 Å². The first-order valence-electron chi connectivity index (χ1n) is 8.78. The van der Waals surface area contributed by atoms with Gasteiger partial charge in [-0.1, -0.05) is 23.5 Å². The second-order valence-corrected chi connectivity index (χ2v) is 7.39. The number of hydrogen-bond donors (Lipinski definition) is 0. The Kier molecular flexibility index (Phi) is 4.36. The number of thiazole rings is 1. The van der Waals surface area contributed by atoms with Crippen molar-refractivity contribution < 1.29 is 13.9 Å². The van der Waals surface area contributed by atoms with E-state index in [0.29, 0.717) is 23.0 Å². The summed E-state index contributed by atoms with van der Waals surface area (Å²) in [5.74, 6) is 0.900. The molecule has 138 valence electrons. The molecule has 0 radical (unpaired) electrons. The van der Waals surface area contributed by atoms with Gasteiger partial charge in [0, 0.05) is 17.5 Å². The van der Waals surface area contributed by atoms with Crippen molar-refractivity contribution in [2.75, 3.05) is 18.6 Å². The molecule has 0 saturated heterocycles. The highest BCUT2D eigenvalue weighted by atomic mass is 32.1. The maximum Gasteiger partial charge on any atom is 0.296 e. The highest BCUT2D eigenvalue weighted by Gasteiger charge is 2.26. The lowest BCUT2D eigenvalue weighted by atomic mass is 10.1. The average Bonchev–Trinajstić information content (AvgIpc) is 3.24. The number of ether oxygens (including phenoxy) is 1. The molecule has 0 atom stereocenters. The second-order valence-electron chi connectivity index (χ2n) is 6.39. The number of carbonyl (C=O) groups excluding carboxylic acids is 1. The molecule has 2 aromatic carbocycles. The minimum absolute atomic E-state index is 0.179. The molecule has 0 spiro atoms. The molecule has 2 heterocycles. The number of nitrogens with zero attached hydrogens (tertiary/aromatic N) is 2. The fourth-order valence-electron chi connectivity index (χ4n) is 3.21. The molecule has 0 bridgehead atoms. The van der Waals surface area contributed by atoms with Crippen molar-refractivity contribution in [1.82, 2.24) is 4.98 Å². The van der Waals surface area contributed by atoms with Crippen molar-refractivity contribution in [2.24, 2.45) is 0 Å². The molecular formula is C21H20N2O3S. The summed E-state index contributed by atoms with van der Waals surface area (Å²) in [4.78, 5) is 19.6. The van der Waals surface area contributed by atoms with Crippen LogP contribution in [0.15, 0.2) is 40.8 Å². The van der Waals surface area contributed by atoms with Crippen LogP contribution in [0.1, 0.15) is 28.6 Å². The molecule has 1 amide bonds. The van der Waals surface area contributed by atoms with E-state index in [2.05, 4.69) is 0 Å². The lowest BCUT2D eigenvalue weighted by Gasteiger charge is -2.16. The number of aromatic nitrogens is 1. The monoisotopic (exact) mass is 380 g/mol. The summed E-state index contributed by atoms with van der Waals surface area (Å²) < 4.78 is 12.2. The highest BCUT2D eigenvalue weighted by Crippen LogP contribution is 2.34. The molecule has 0 aliphatic carbocycles. The minimum Gasteiger partial charge on any atom is -0.497 e. The highest BCUT2D eigenvalue weighted by molar-refractivity contribution is 7.22. The van der Waals surface area contributed by atoms with Crippen LogP contribution in [0.3, 0.4) is 0 Å². The van der Waals surface area contributed by atoms with Gasteiger partial charge in [-0.05, 0) is 50.6 Å². The Balaban J connectivity index is 1.78. The SMILES string of the molecule is CCN(C(=O)c1oc2ccc(OC)cc2c1C)c1nc2c(C)cccc2s1. The Bertz CT molecular complexity index is 1160. The summed E-state index contributed by atoms with van der Waals surface area (Å²) in [6.45, 7) is 6.38. The number of amides is 1. The number of aryl methyl sites for hydroxylation is 2. The Labute approximate surface area is 161 Å². The summed E-state index contributed by atoms with van der Waals surface area (Å²) in [5, 5.41) is 1.57. The number of benzene rings is 2. The number of anilines is 1. The van der Waals surface area contributed by atoms with E-state index in [-0.39, 0.29) is 5.91 Å². The Morgan fingerprint density at radius 1 is 1.26 bits per heavy atom. The second kappa shape index (κ2) is 6.70. The third-order valence-corrected chi connectivity index (χ3v) is 5.78. The van der Waals surface area contributed by atoms with Crippen molar-refractivity contribution in [3.8, 4) is 5.75 Å². The molecule has 4 aromatic rings. The zero-order valence-corrected chi connectivity index (χ0v) is 16.5. The van der Waals surface area contributed by atoms with Crippen LogP contribution in [0.5, 0.6) is 5.75 Å². The van der Waals surface area contributed by atoms with Gasteiger partial charge in [-0.15, -0.1) is 0 Å².